The van der Waals surface area contributed by atoms with Crippen LogP contribution in [0.1, 0.15) is 33.1 Å². The predicted molar refractivity (Wildman–Crippen MR) is 68.9 cm³/mol. The zero-order chi connectivity index (χ0) is 12.5. The fraction of sp³-hybridized carbons (Fsp3) is 0.769. The van der Waals surface area contributed by atoms with Gasteiger partial charge in [0, 0.05) is 19.7 Å². The number of amides is 1. The minimum atomic E-state index is -0.344. The van der Waals surface area contributed by atoms with Gasteiger partial charge in [0.25, 0.3) is 0 Å². The summed E-state index contributed by atoms with van der Waals surface area (Å²) in [5.74, 6) is -0.0134. The zero-order valence-corrected chi connectivity index (χ0v) is 10.9. The van der Waals surface area contributed by atoms with Gasteiger partial charge in [-0.1, -0.05) is 25.0 Å². The summed E-state index contributed by atoms with van der Waals surface area (Å²) >= 11 is 0. The first-order chi connectivity index (χ1) is 8.24. The van der Waals surface area contributed by atoms with Crippen LogP contribution >= 0.6 is 0 Å². The second kappa shape index (κ2) is 8.25. The van der Waals surface area contributed by atoms with Gasteiger partial charge in [0.1, 0.15) is 6.10 Å². The highest BCUT2D eigenvalue weighted by Crippen LogP contribution is 2.03. The molecule has 0 saturated carbocycles. The van der Waals surface area contributed by atoms with E-state index in [9.17, 15) is 4.79 Å². The number of hydrogen-bond donors (Lipinski definition) is 2. The molecule has 1 unspecified atom stereocenters. The lowest BCUT2D eigenvalue weighted by Gasteiger charge is -2.17. The lowest BCUT2D eigenvalue weighted by atomic mass is 10.1. The van der Waals surface area contributed by atoms with E-state index in [-0.39, 0.29) is 12.0 Å². The summed E-state index contributed by atoms with van der Waals surface area (Å²) in [5.41, 5.74) is 1.30. The van der Waals surface area contributed by atoms with Crippen molar-refractivity contribution in [2.45, 2.75) is 39.2 Å². The van der Waals surface area contributed by atoms with Crippen LogP contribution in [0.3, 0.4) is 0 Å². The topological polar surface area (TPSA) is 50.4 Å². The van der Waals surface area contributed by atoms with Gasteiger partial charge in [-0.15, -0.1) is 0 Å². The summed E-state index contributed by atoms with van der Waals surface area (Å²) in [6.45, 7) is 7.15. The molecule has 98 valence electrons. The van der Waals surface area contributed by atoms with E-state index in [0.29, 0.717) is 13.2 Å². The van der Waals surface area contributed by atoms with Crippen LogP contribution in [0.4, 0.5) is 0 Å². The molecule has 4 nitrogen and oxygen atoms in total. The van der Waals surface area contributed by atoms with Crippen LogP contribution in [0.15, 0.2) is 11.6 Å². The second-order valence-electron chi connectivity index (χ2n) is 4.40. The molecule has 0 bridgehead atoms. The number of carbonyl (C=O) groups is 1. The van der Waals surface area contributed by atoms with Gasteiger partial charge in [0.05, 0.1) is 0 Å². The Morgan fingerprint density at radius 2 is 2.47 bits per heavy atom. The highest BCUT2D eigenvalue weighted by molar-refractivity contribution is 5.80. The fourth-order valence-corrected chi connectivity index (χ4v) is 1.65. The van der Waals surface area contributed by atoms with Crippen molar-refractivity contribution in [2.24, 2.45) is 0 Å². The van der Waals surface area contributed by atoms with E-state index in [4.69, 9.17) is 4.74 Å². The molecule has 1 heterocycles. The van der Waals surface area contributed by atoms with Crippen molar-refractivity contribution in [2.75, 3.05) is 26.2 Å². The maximum Gasteiger partial charge on any atom is 0.249 e. The standard InChI is InChI=1S/C13H24N2O2/c1-3-4-9-17-11(2)13(16)15-10-12-5-7-14-8-6-12/h5,11,14H,3-4,6-10H2,1-2H3,(H,15,16). The summed E-state index contributed by atoms with van der Waals surface area (Å²) < 4.78 is 5.44. The van der Waals surface area contributed by atoms with Crippen LogP contribution in [-0.4, -0.2) is 38.3 Å². The number of ether oxygens (including phenoxy) is 1. The average molecular weight is 240 g/mol. The molecule has 0 aliphatic carbocycles. The van der Waals surface area contributed by atoms with Gasteiger partial charge in [-0.2, -0.15) is 0 Å². The van der Waals surface area contributed by atoms with Crippen molar-refractivity contribution in [3.05, 3.63) is 11.6 Å². The molecule has 0 saturated heterocycles. The highest BCUT2D eigenvalue weighted by atomic mass is 16.5. The van der Waals surface area contributed by atoms with Crippen LogP contribution in [0, 0.1) is 0 Å². The van der Waals surface area contributed by atoms with Crippen LogP contribution in [0.2, 0.25) is 0 Å². The molecule has 17 heavy (non-hydrogen) atoms. The number of nitrogens with one attached hydrogen (secondary N) is 2. The molecule has 0 aromatic heterocycles. The number of rotatable bonds is 7. The molecule has 1 rings (SSSR count). The Morgan fingerprint density at radius 3 is 3.12 bits per heavy atom. The zero-order valence-electron chi connectivity index (χ0n) is 10.9. The third kappa shape index (κ3) is 5.84. The fourth-order valence-electron chi connectivity index (χ4n) is 1.65. The Bertz CT molecular complexity index is 264. The van der Waals surface area contributed by atoms with Crippen molar-refractivity contribution in [3.63, 3.8) is 0 Å². The van der Waals surface area contributed by atoms with Gasteiger partial charge in [-0.25, -0.2) is 0 Å². The molecule has 1 aliphatic rings. The van der Waals surface area contributed by atoms with Crippen molar-refractivity contribution in [3.8, 4) is 0 Å². The lowest BCUT2D eigenvalue weighted by Crippen LogP contribution is -2.37. The number of unbranched alkanes of at least 4 members (excludes halogenated alkanes) is 1. The normalized spacial score (nSPS) is 17.4. The first-order valence-corrected chi connectivity index (χ1v) is 6.52. The number of carbonyl (C=O) groups excluding carboxylic acids is 1. The molecule has 4 heteroatoms. The van der Waals surface area contributed by atoms with Crippen LogP contribution in [0.5, 0.6) is 0 Å². The average Bonchev–Trinajstić information content (AvgIpc) is 2.37. The Hall–Kier alpha value is -0.870. The van der Waals surface area contributed by atoms with Gasteiger partial charge in [0.15, 0.2) is 0 Å². The molecule has 0 aromatic rings. The molecular formula is C13H24N2O2. The Balaban J connectivity index is 2.16. The summed E-state index contributed by atoms with van der Waals surface area (Å²) in [4.78, 5) is 11.7. The van der Waals surface area contributed by atoms with E-state index in [1.807, 2.05) is 6.92 Å². The third-order valence-electron chi connectivity index (χ3n) is 2.88. The summed E-state index contributed by atoms with van der Waals surface area (Å²) in [6, 6.07) is 0. The molecule has 0 fully saturated rings. The second-order valence-corrected chi connectivity index (χ2v) is 4.40. The Labute approximate surface area is 104 Å². The predicted octanol–water partition coefficient (Wildman–Crippen LogP) is 1.23. The minimum Gasteiger partial charge on any atom is -0.369 e. The van der Waals surface area contributed by atoms with E-state index < -0.39 is 0 Å². The molecule has 0 aromatic carbocycles. The molecule has 1 atom stereocenters. The molecule has 1 aliphatic heterocycles. The summed E-state index contributed by atoms with van der Waals surface area (Å²) in [7, 11) is 0. The van der Waals surface area contributed by atoms with E-state index in [1.165, 1.54) is 5.57 Å². The van der Waals surface area contributed by atoms with Gasteiger partial charge >= 0.3 is 0 Å². The van der Waals surface area contributed by atoms with E-state index in [2.05, 4.69) is 23.6 Å². The first-order valence-electron chi connectivity index (χ1n) is 6.52. The van der Waals surface area contributed by atoms with Crippen LogP contribution < -0.4 is 10.6 Å². The van der Waals surface area contributed by atoms with E-state index in [0.717, 1.165) is 32.4 Å². The smallest absolute Gasteiger partial charge is 0.249 e. The van der Waals surface area contributed by atoms with Crippen molar-refractivity contribution in [1.29, 1.82) is 0 Å². The third-order valence-corrected chi connectivity index (χ3v) is 2.88. The molecule has 2 N–H and O–H groups in total. The Morgan fingerprint density at radius 1 is 1.65 bits per heavy atom. The van der Waals surface area contributed by atoms with Gasteiger partial charge < -0.3 is 15.4 Å². The first kappa shape index (κ1) is 14.2. The Kier molecular flexibility index (Phi) is 6.89. The summed E-state index contributed by atoms with van der Waals surface area (Å²) in [5, 5.41) is 6.16. The molecule has 0 radical (unpaired) electrons. The SMILES string of the molecule is CCCCOC(C)C(=O)NCC1=CCNCC1. The quantitative estimate of drug-likeness (QED) is 0.520. The lowest BCUT2D eigenvalue weighted by molar-refractivity contribution is -0.131. The largest absolute Gasteiger partial charge is 0.369 e. The van der Waals surface area contributed by atoms with Gasteiger partial charge in [-0.05, 0) is 26.3 Å². The van der Waals surface area contributed by atoms with Crippen molar-refractivity contribution < 1.29 is 9.53 Å². The van der Waals surface area contributed by atoms with Gasteiger partial charge in [-0.3, -0.25) is 4.79 Å². The molecule has 1 amide bonds. The van der Waals surface area contributed by atoms with Crippen LogP contribution in [-0.2, 0) is 9.53 Å². The number of hydrogen-bond acceptors (Lipinski definition) is 3. The molecular weight excluding hydrogens is 216 g/mol. The van der Waals surface area contributed by atoms with Gasteiger partial charge in [0.2, 0.25) is 5.91 Å². The maximum absolute atomic E-state index is 11.7. The van der Waals surface area contributed by atoms with E-state index >= 15 is 0 Å². The summed E-state index contributed by atoms with van der Waals surface area (Å²) in [6.07, 6.45) is 4.92. The monoisotopic (exact) mass is 240 g/mol. The maximum atomic E-state index is 11.7. The highest BCUT2D eigenvalue weighted by Gasteiger charge is 2.13. The molecule has 0 spiro atoms. The van der Waals surface area contributed by atoms with E-state index in [1.54, 1.807) is 0 Å². The van der Waals surface area contributed by atoms with Crippen molar-refractivity contribution >= 4 is 5.91 Å². The minimum absolute atomic E-state index is 0.0134. The van der Waals surface area contributed by atoms with Crippen LogP contribution in [0.25, 0.3) is 0 Å². The van der Waals surface area contributed by atoms with Crippen molar-refractivity contribution in [1.82, 2.24) is 10.6 Å².